The van der Waals surface area contributed by atoms with Gasteiger partial charge < -0.3 is 14.6 Å². The monoisotopic (exact) mass is 490 g/mol. The van der Waals surface area contributed by atoms with Gasteiger partial charge in [-0.15, -0.1) is 11.3 Å². The highest BCUT2D eigenvalue weighted by Gasteiger charge is 2.34. The third kappa shape index (κ3) is 4.94. The highest BCUT2D eigenvalue weighted by atomic mass is 32.2. The Morgan fingerprint density at radius 3 is 2.67 bits per heavy atom. The van der Waals surface area contributed by atoms with Crippen molar-refractivity contribution in [3.05, 3.63) is 46.7 Å². The first kappa shape index (κ1) is 23.4. The van der Waals surface area contributed by atoms with Crippen LogP contribution in [-0.2, 0) is 21.4 Å². The highest BCUT2D eigenvalue weighted by Crippen LogP contribution is 2.34. The zero-order chi connectivity index (χ0) is 23.6. The van der Waals surface area contributed by atoms with E-state index in [0.717, 1.165) is 11.3 Å². The Morgan fingerprint density at radius 1 is 1.27 bits per heavy atom. The van der Waals surface area contributed by atoms with Crippen LogP contribution < -0.4 is 10.1 Å². The zero-order valence-corrected chi connectivity index (χ0v) is 20.3. The number of rotatable bonds is 7. The number of carbonyl (C=O) groups is 1. The van der Waals surface area contributed by atoms with E-state index in [1.165, 1.54) is 15.6 Å². The van der Waals surface area contributed by atoms with E-state index in [9.17, 15) is 13.2 Å². The van der Waals surface area contributed by atoms with Crippen LogP contribution >= 0.6 is 11.3 Å². The lowest BCUT2D eigenvalue weighted by Crippen LogP contribution is -2.42. The van der Waals surface area contributed by atoms with Crippen LogP contribution in [0.2, 0.25) is 0 Å². The van der Waals surface area contributed by atoms with Gasteiger partial charge in [-0.2, -0.15) is 9.29 Å². The third-order valence-electron chi connectivity index (χ3n) is 5.71. The van der Waals surface area contributed by atoms with Crippen molar-refractivity contribution < 1.29 is 22.5 Å². The molecule has 0 aliphatic carbocycles. The number of ether oxygens (including phenoxy) is 1. The van der Waals surface area contributed by atoms with Crippen LogP contribution in [0.4, 0.5) is 0 Å². The first-order valence-electron chi connectivity index (χ1n) is 10.6. The summed E-state index contributed by atoms with van der Waals surface area (Å²) >= 11 is 1.32. The highest BCUT2D eigenvalue weighted by molar-refractivity contribution is 7.89. The first-order valence-corrected chi connectivity index (χ1v) is 12.9. The Hall–Kier alpha value is -2.76. The number of aromatic nitrogens is 2. The van der Waals surface area contributed by atoms with Gasteiger partial charge in [-0.3, -0.25) is 4.79 Å². The van der Waals surface area contributed by atoms with Crippen LogP contribution in [0.5, 0.6) is 5.75 Å². The summed E-state index contributed by atoms with van der Waals surface area (Å²) in [6.07, 6.45) is 0.939. The standard InChI is InChI=1S/C22H26N4O5S2/c1-14-20(12-19(32-14)21-24-15(2)31-25-21)33(28,29)26-10-8-16(9-11-26)22(27)23-13-17-6-4-5-7-18(17)30-3/h4-7,12,16H,8-11,13H2,1-3H3,(H,23,27). The molecule has 0 spiro atoms. The Kier molecular flexibility index (Phi) is 6.82. The number of carbonyl (C=O) groups excluding carboxylic acids is 1. The summed E-state index contributed by atoms with van der Waals surface area (Å²) in [5.74, 6) is 1.23. The normalized spacial score (nSPS) is 15.5. The summed E-state index contributed by atoms with van der Waals surface area (Å²) < 4.78 is 38.3. The minimum atomic E-state index is -3.68. The van der Waals surface area contributed by atoms with Crippen molar-refractivity contribution in [3.8, 4) is 16.5 Å². The number of piperidine rings is 1. The Balaban J connectivity index is 1.38. The number of sulfonamides is 1. The van der Waals surface area contributed by atoms with Crippen molar-refractivity contribution in [2.45, 2.75) is 38.1 Å². The molecule has 3 aromatic rings. The number of nitrogens with one attached hydrogen (secondary N) is 1. The van der Waals surface area contributed by atoms with Crippen molar-refractivity contribution >= 4 is 27.3 Å². The van der Waals surface area contributed by atoms with E-state index in [1.54, 1.807) is 27.0 Å². The third-order valence-corrected chi connectivity index (χ3v) is 8.91. The summed E-state index contributed by atoms with van der Waals surface area (Å²) in [4.78, 5) is 18.4. The number of hydrogen-bond acceptors (Lipinski definition) is 8. The second kappa shape index (κ2) is 9.62. The molecule has 2 aromatic heterocycles. The van der Waals surface area contributed by atoms with Gasteiger partial charge in [0.25, 0.3) is 0 Å². The molecule has 176 valence electrons. The Labute approximate surface area is 196 Å². The first-order chi connectivity index (χ1) is 15.8. The van der Waals surface area contributed by atoms with Gasteiger partial charge in [0.1, 0.15) is 5.75 Å². The van der Waals surface area contributed by atoms with E-state index < -0.39 is 10.0 Å². The average molecular weight is 491 g/mol. The molecular formula is C22H26N4O5S2. The van der Waals surface area contributed by atoms with E-state index in [4.69, 9.17) is 9.26 Å². The van der Waals surface area contributed by atoms with Crippen molar-refractivity contribution in [1.29, 1.82) is 0 Å². The van der Waals surface area contributed by atoms with E-state index in [2.05, 4.69) is 15.5 Å². The summed E-state index contributed by atoms with van der Waals surface area (Å²) in [6.45, 7) is 4.41. The SMILES string of the molecule is COc1ccccc1CNC(=O)C1CCN(S(=O)(=O)c2cc(-c3noc(C)n3)sc2C)CC1. The molecule has 0 bridgehead atoms. The molecule has 1 aliphatic heterocycles. The lowest BCUT2D eigenvalue weighted by Gasteiger charge is -2.30. The topological polar surface area (TPSA) is 115 Å². The fraction of sp³-hybridized carbons (Fsp3) is 0.409. The molecule has 1 aliphatic rings. The number of nitrogens with zero attached hydrogens (tertiary/aromatic N) is 3. The summed E-state index contributed by atoms with van der Waals surface area (Å²) in [6, 6.07) is 9.13. The summed E-state index contributed by atoms with van der Waals surface area (Å²) in [7, 11) is -2.08. The van der Waals surface area contributed by atoms with Crippen LogP contribution in [0, 0.1) is 19.8 Å². The lowest BCUT2D eigenvalue weighted by molar-refractivity contribution is -0.126. The van der Waals surface area contributed by atoms with Gasteiger partial charge in [-0.25, -0.2) is 8.42 Å². The van der Waals surface area contributed by atoms with E-state index >= 15 is 0 Å². The Bertz CT molecular complexity index is 1240. The van der Waals surface area contributed by atoms with Crippen LogP contribution in [0.25, 0.3) is 10.7 Å². The molecular weight excluding hydrogens is 464 g/mol. The predicted octanol–water partition coefficient (Wildman–Crippen LogP) is 3.14. The van der Waals surface area contributed by atoms with E-state index in [0.29, 0.717) is 53.9 Å². The zero-order valence-electron chi connectivity index (χ0n) is 18.7. The van der Waals surface area contributed by atoms with Crippen molar-refractivity contribution in [2.75, 3.05) is 20.2 Å². The molecule has 11 heteroatoms. The van der Waals surface area contributed by atoms with Gasteiger partial charge >= 0.3 is 0 Å². The number of benzene rings is 1. The molecule has 4 rings (SSSR count). The van der Waals surface area contributed by atoms with E-state index in [1.807, 2.05) is 24.3 Å². The van der Waals surface area contributed by atoms with Gasteiger partial charge in [-0.1, -0.05) is 23.4 Å². The van der Waals surface area contributed by atoms with Gasteiger partial charge in [0, 0.05) is 42.9 Å². The second-order valence-electron chi connectivity index (χ2n) is 7.88. The minimum absolute atomic E-state index is 0.0700. The number of methoxy groups -OCH3 is 1. The van der Waals surface area contributed by atoms with Crippen LogP contribution in [0.3, 0.4) is 0 Å². The molecule has 0 radical (unpaired) electrons. The Morgan fingerprint density at radius 2 is 2.00 bits per heavy atom. The molecule has 1 saturated heterocycles. The molecule has 0 atom stereocenters. The number of hydrogen-bond donors (Lipinski definition) is 1. The second-order valence-corrected chi connectivity index (χ2v) is 11.0. The lowest BCUT2D eigenvalue weighted by atomic mass is 9.97. The predicted molar refractivity (Wildman–Crippen MR) is 123 cm³/mol. The fourth-order valence-electron chi connectivity index (χ4n) is 3.90. The molecule has 1 N–H and O–H groups in total. The average Bonchev–Trinajstić information content (AvgIpc) is 3.43. The van der Waals surface area contributed by atoms with Crippen molar-refractivity contribution in [3.63, 3.8) is 0 Å². The fourth-order valence-corrected chi connectivity index (χ4v) is 6.86. The molecule has 1 amide bonds. The van der Waals surface area contributed by atoms with Gasteiger partial charge in [0.2, 0.25) is 27.6 Å². The van der Waals surface area contributed by atoms with Crippen molar-refractivity contribution in [2.24, 2.45) is 5.92 Å². The van der Waals surface area contributed by atoms with E-state index in [-0.39, 0.29) is 16.7 Å². The maximum atomic E-state index is 13.3. The molecule has 33 heavy (non-hydrogen) atoms. The van der Waals surface area contributed by atoms with Gasteiger partial charge in [0.15, 0.2) is 0 Å². The van der Waals surface area contributed by atoms with Crippen LogP contribution in [0.1, 0.15) is 29.2 Å². The molecule has 9 nitrogen and oxygen atoms in total. The van der Waals surface area contributed by atoms with Gasteiger partial charge in [-0.05, 0) is 31.9 Å². The van der Waals surface area contributed by atoms with Crippen molar-refractivity contribution in [1.82, 2.24) is 19.8 Å². The smallest absolute Gasteiger partial charge is 0.244 e. The quantitative estimate of drug-likeness (QED) is 0.541. The molecule has 1 fully saturated rings. The number of aryl methyl sites for hydroxylation is 2. The largest absolute Gasteiger partial charge is 0.496 e. The van der Waals surface area contributed by atoms with Gasteiger partial charge in [0.05, 0.1) is 16.9 Å². The summed E-state index contributed by atoms with van der Waals surface area (Å²) in [5.41, 5.74) is 0.897. The summed E-state index contributed by atoms with van der Waals surface area (Å²) in [5, 5.41) is 6.83. The maximum absolute atomic E-state index is 13.3. The molecule has 0 unspecified atom stereocenters. The minimum Gasteiger partial charge on any atom is -0.496 e. The van der Waals surface area contributed by atoms with Crippen LogP contribution in [0.15, 0.2) is 39.8 Å². The molecule has 3 heterocycles. The number of thiophene rings is 1. The number of para-hydroxylation sites is 1. The maximum Gasteiger partial charge on any atom is 0.244 e. The molecule has 1 aromatic carbocycles. The molecule has 0 saturated carbocycles. The number of amides is 1. The van der Waals surface area contributed by atoms with Crippen LogP contribution in [-0.4, -0.2) is 49.0 Å².